The van der Waals surface area contributed by atoms with E-state index in [4.69, 9.17) is 4.74 Å². The number of allylic oxidation sites excluding steroid dienone is 4. The first-order chi connectivity index (χ1) is 12.9. The van der Waals surface area contributed by atoms with Crippen LogP contribution in [0.3, 0.4) is 0 Å². The zero-order valence-electron chi connectivity index (χ0n) is 16.3. The first kappa shape index (κ1) is 20.7. The van der Waals surface area contributed by atoms with Gasteiger partial charge in [-0.2, -0.15) is 0 Å². The van der Waals surface area contributed by atoms with Crippen molar-refractivity contribution in [2.75, 3.05) is 6.61 Å². The summed E-state index contributed by atoms with van der Waals surface area (Å²) in [7, 11) is 0. The Hall–Kier alpha value is -2.62. The third-order valence-corrected chi connectivity index (χ3v) is 4.83. The lowest BCUT2D eigenvalue weighted by Crippen LogP contribution is -2.43. The van der Waals surface area contributed by atoms with Gasteiger partial charge in [0.25, 0.3) is 0 Å². The van der Waals surface area contributed by atoms with Crippen molar-refractivity contribution in [3.8, 4) is 0 Å². The predicted molar refractivity (Wildman–Crippen MR) is 108 cm³/mol. The zero-order valence-corrected chi connectivity index (χ0v) is 16.3. The Labute approximate surface area is 162 Å². The van der Waals surface area contributed by atoms with E-state index in [9.17, 15) is 9.59 Å². The summed E-state index contributed by atoms with van der Waals surface area (Å²) in [6, 6.07) is 9.60. The van der Waals surface area contributed by atoms with Gasteiger partial charge in [0, 0.05) is 5.92 Å². The third kappa shape index (κ3) is 5.95. The molecular weight excluding hydrogens is 338 g/mol. The van der Waals surface area contributed by atoms with Gasteiger partial charge in [-0.15, -0.1) is 6.58 Å². The molecule has 0 saturated carbocycles. The first-order valence-corrected chi connectivity index (χ1v) is 9.39. The Morgan fingerprint density at radius 3 is 2.67 bits per heavy atom. The van der Waals surface area contributed by atoms with Crippen molar-refractivity contribution in [2.45, 2.75) is 45.6 Å². The van der Waals surface area contributed by atoms with Crippen molar-refractivity contribution in [2.24, 2.45) is 5.92 Å². The monoisotopic (exact) mass is 367 g/mol. The average Bonchev–Trinajstić information content (AvgIpc) is 3.01. The molecule has 0 aromatic heterocycles. The second-order valence-corrected chi connectivity index (χ2v) is 7.21. The summed E-state index contributed by atoms with van der Waals surface area (Å²) in [6.07, 6.45) is 5.83. The van der Waals surface area contributed by atoms with Crippen molar-refractivity contribution in [3.05, 3.63) is 72.4 Å². The summed E-state index contributed by atoms with van der Waals surface area (Å²) in [5, 5.41) is 0. The number of benzene rings is 1. The molecule has 27 heavy (non-hydrogen) atoms. The Morgan fingerprint density at radius 1 is 1.33 bits per heavy atom. The molecule has 2 atom stereocenters. The molecule has 0 radical (unpaired) electrons. The van der Waals surface area contributed by atoms with Crippen LogP contribution in [0.5, 0.6) is 0 Å². The van der Waals surface area contributed by atoms with E-state index in [0.29, 0.717) is 19.3 Å². The van der Waals surface area contributed by atoms with E-state index in [1.807, 2.05) is 50.3 Å². The molecule has 1 heterocycles. The van der Waals surface area contributed by atoms with Gasteiger partial charge in [0.2, 0.25) is 5.91 Å². The van der Waals surface area contributed by atoms with E-state index in [-0.39, 0.29) is 24.5 Å². The average molecular weight is 367 g/mol. The molecule has 0 N–H and O–H groups in total. The van der Waals surface area contributed by atoms with Crippen LogP contribution < -0.4 is 0 Å². The Morgan fingerprint density at radius 2 is 2.04 bits per heavy atom. The van der Waals surface area contributed by atoms with Crippen molar-refractivity contribution < 1.29 is 14.3 Å². The molecule has 0 spiro atoms. The van der Waals surface area contributed by atoms with Gasteiger partial charge in [-0.05, 0) is 45.1 Å². The standard InChI is InChI=1S/C23H29NO3/c1-5-18(4)12-14-20(13-11-17(2)3)22(25)24-21(16-27-23(24)26)15-19-9-7-6-8-10-19/h5-10,12,20-21H,1-2,11,13-16H2,3-4H3/b18-12+/t20-,21+/m0/s1. The number of imide groups is 1. The number of carbonyl (C=O) groups is 2. The number of ether oxygens (including phenoxy) is 1. The second-order valence-electron chi connectivity index (χ2n) is 7.21. The number of rotatable bonds is 9. The highest BCUT2D eigenvalue weighted by molar-refractivity contribution is 5.95. The smallest absolute Gasteiger partial charge is 0.416 e. The van der Waals surface area contributed by atoms with Crippen LogP contribution in [-0.4, -0.2) is 29.5 Å². The molecular formula is C23H29NO3. The van der Waals surface area contributed by atoms with E-state index in [0.717, 1.165) is 23.1 Å². The maximum absolute atomic E-state index is 13.2. The number of cyclic esters (lactones) is 1. The number of amides is 2. The lowest BCUT2D eigenvalue weighted by atomic mass is 9.93. The van der Waals surface area contributed by atoms with Crippen LogP contribution in [0, 0.1) is 5.92 Å². The number of hydrogen-bond acceptors (Lipinski definition) is 3. The fourth-order valence-electron chi connectivity index (χ4n) is 3.14. The minimum Gasteiger partial charge on any atom is -0.447 e. The summed E-state index contributed by atoms with van der Waals surface area (Å²) in [5.41, 5.74) is 3.13. The van der Waals surface area contributed by atoms with Gasteiger partial charge in [-0.1, -0.05) is 60.2 Å². The van der Waals surface area contributed by atoms with Crippen molar-refractivity contribution in [1.82, 2.24) is 4.90 Å². The van der Waals surface area contributed by atoms with Crippen LogP contribution in [0.1, 0.15) is 38.7 Å². The predicted octanol–water partition coefficient (Wildman–Crippen LogP) is 5.07. The molecule has 1 aromatic carbocycles. The minimum atomic E-state index is -0.536. The maximum atomic E-state index is 13.2. The summed E-state index contributed by atoms with van der Waals surface area (Å²) in [5.74, 6) is -0.437. The van der Waals surface area contributed by atoms with Gasteiger partial charge in [-0.25, -0.2) is 9.69 Å². The molecule has 1 fully saturated rings. The van der Waals surface area contributed by atoms with Gasteiger partial charge in [0.15, 0.2) is 0 Å². The summed E-state index contributed by atoms with van der Waals surface area (Å²) < 4.78 is 5.21. The largest absolute Gasteiger partial charge is 0.447 e. The number of nitrogens with zero attached hydrogens (tertiary/aromatic N) is 1. The van der Waals surface area contributed by atoms with Crippen LogP contribution in [0.2, 0.25) is 0 Å². The molecule has 2 amide bonds. The molecule has 0 aliphatic carbocycles. The van der Waals surface area contributed by atoms with Crippen LogP contribution in [0.4, 0.5) is 4.79 Å². The highest BCUT2D eigenvalue weighted by Crippen LogP contribution is 2.25. The lowest BCUT2D eigenvalue weighted by Gasteiger charge is -2.24. The highest BCUT2D eigenvalue weighted by Gasteiger charge is 2.40. The SMILES string of the molecule is C=C/C(C)=C/C[C@H](CCC(=C)C)C(=O)N1C(=O)OC[C@H]1Cc1ccccc1. The normalized spacial score (nSPS) is 18.1. The zero-order chi connectivity index (χ0) is 19.8. The molecule has 0 bridgehead atoms. The van der Waals surface area contributed by atoms with Gasteiger partial charge < -0.3 is 4.74 Å². The quantitative estimate of drug-likeness (QED) is 0.452. The molecule has 1 aliphatic heterocycles. The molecule has 1 saturated heterocycles. The topological polar surface area (TPSA) is 46.6 Å². The van der Waals surface area contributed by atoms with E-state index < -0.39 is 6.09 Å². The second kappa shape index (κ2) is 9.91. The van der Waals surface area contributed by atoms with E-state index in [2.05, 4.69) is 13.2 Å². The molecule has 0 unspecified atom stereocenters. The summed E-state index contributed by atoms with van der Waals surface area (Å²) in [4.78, 5) is 26.8. The third-order valence-electron chi connectivity index (χ3n) is 4.83. The van der Waals surface area contributed by atoms with Crippen molar-refractivity contribution in [1.29, 1.82) is 0 Å². The Kier molecular flexibility index (Phi) is 7.59. The van der Waals surface area contributed by atoms with Gasteiger partial charge in [0.1, 0.15) is 6.61 Å². The Bertz CT molecular complexity index is 720. The van der Waals surface area contributed by atoms with Crippen molar-refractivity contribution >= 4 is 12.0 Å². The van der Waals surface area contributed by atoms with E-state index in [1.54, 1.807) is 6.08 Å². The van der Waals surface area contributed by atoms with Crippen LogP contribution in [0.25, 0.3) is 0 Å². The number of hydrogen-bond donors (Lipinski definition) is 0. The fraction of sp³-hybridized carbons (Fsp3) is 0.391. The Balaban J connectivity index is 2.17. The first-order valence-electron chi connectivity index (χ1n) is 9.39. The van der Waals surface area contributed by atoms with E-state index >= 15 is 0 Å². The summed E-state index contributed by atoms with van der Waals surface area (Å²) in [6.45, 7) is 11.8. The van der Waals surface area contributed by atoms with E-state index in [1.165, 1.54) is 4.90 Å². The molecule has 4 heteroatoms. The van der Waals surface area contributed by atoms with Gasteiger partial charge >= 0.3 is 6.09 Å². The number of carbonyl (C=O) groups excluding carboxylic acids is 2. The highest BCUT2D eigenvalue weighted by atomic mass is 16.6. The molecule has 1 aromatic rings. The minimum absolute atomic E-state index is 0.159. The molecule has 144 valence electrons. The molecule has 4 nitrogen and oxygen atoms in total. The van der Waals surface area contributed by atoms with Crippen molar-refractivity contribution in [3.63, 3.8) is 0 Å². The van der Waals surface area contributed by atoms with Crippen LogP contribution >= 0.6 is 0 Å². The molecule has 2 rings (SSSR count). The van der Waals surface area contributed by atoms with Gasteiger partial charge in [0.05, 0.1) is 6.04 Å². The van der Waals surface area contributed by atoms with Crippen LogP contribution in [-0.2, 0) is 16.0 Å². The fourth-order valence-corrected chi connectivity index (χ4v) is 3.14. The molecule has 1 aliphatic rings. The lowest BCUT2D eigenvalue weighted by molar-refractivity contribution is -0.133. The van der Waals surface area contributed by atoms with Crippen LogP contribution in [0.15, 0.2) is 66.8 Å². The summed E-state index contributed by atoms with van der Waals surface area (Å²) >= 11 is 0. The maximum Gasteiger partial charge on any atom is 0.416 e. The van der Waals surface area contributed by atoms with Gasteiger partial charge in [-0.3, -0.25) is 4.79 Å².